The number of hydrogen-bond donors (Lipinski definition) is 1. The summed E-state index contributed by atoms with van der Waals surface area (Å²) in [5, 5.41) is 6.82. The quantitative estimate of drug-likeness (QED) is 0.848. The molecule has 0 bridgehead atoms. The molecule has 1 aliphatic carbocycles. The summed E-state index contributed by atoms with van der Waals surface area (Å²) >= 11 is 0. The largest absolute Gasteiger partial charge is 0.352 e. The summed E-state index contributed by atoms with van der Waals surface area (Å²) in [5.41, 5.74) is 1.58. The first-order valence-electron chi connectivity index (χ1n) is 6.81. The molecule has 0 unspecified atom stereocenters. The van der Waals surface area contributed by atoms with Crippen LogP contribution in [0.3, 0.4) is 0 Å². The average molecular weight is 275 g/mol. The van der Waals surface area contributed by atoms with Gasteiger partial charge in [0.05, 0.1) is 0 Å². The molecule has 106 valence electrons. The lowest BCUT2D eigenvalue weighted by Crippen LogP contribution is -2.35. The van der Waals surface area contributed by atoms with E-state index in [0.717, 1.165) is 30.5 Å². The summed E-state index contributed by atoms with van der Waals surface area (Å²) in [5.74, 6) is 0.359. The standard InChI is InChI=1S/C13H17N5O2/c1-8(2)16-11(19)6-17-10-5-3-4-9(10)12(20)18-13(17)14-7-15-18/h7-8H,3-6H2,1-2H3,(H,16,19). The van der Waals surface area contributed by atoms with E-state index in [9.17, 15) is 9.59 Å². The van der Waals surface area contributed by atoms with E-state index in [2.05, 4.69) is 15.4 Å². The van der Waals surface area contributed by atoms with Gasteiger partial charge in [-0.05, 0) is 33.1 Å². The number of carbonyl (C=O) groups excluding carboxylic acids is 1. The molecular weight excluding hydrogens is 258 g/mol. The highest BCUT2D eigenvalue weighted by atomic mass is 16.2. The number of nitrogens with one attached hydrogen (secondary N) is 1. The molecule has 3 rings (SSSR count). The highest BCUT2D eigenvalue weighted by molar-refractivity contribution is 5.76. The predicted molar refractivity (Wildman–Crippen MR) is 72.6 cm³/mol. The van der Waals surface area contributed by atoms with Gasteiger partial charge in [-0.2, -0.15) is 14.6 Å². The minimum Gasteiger partial charge on any atom is -0.352 e. The van der Waals surface area contributed by atoms with Gasteiger partial charge in [-0.1, -0.05) is 0 Å². The Morgan fingerprint density at radius 3 is 3.00 bits per heavy atom. The Labute approximate surface area is 115 Å². The third-order valence-corrected chi connectivity index (χ3v) is 3.49. The molecule has 2 aromatic rings. The van der Waals surface area contributed by atoms with E-state index in [1.165, 1.54) is 10.8 Å². The topological polar surface area (TPSA) is 81.3 Å². The second-order valence-electron chi connectivity index (χ2n) is 5.36. The van der Waals surface area contributed by atoms with Crippen molar-refractivity contribution in [2.24, 2.45) is 0 Å². The molecule has 0 aromatic carbocycles. The van der Waals surface area contributed by atoms with E-state index in [1.54, 1.807) is 0 Å². The van der Waals surface area contributed by atoms with Gasteiger partial charge >= 0.3 is 0 Å². The Morgan fingerprint density at radius 2 is 2.25 bits per heavy atom. The first-order valence-corrected chi connectivity index (χ1v) is 6.81. The Hall–Kier alpha value is -2.18. The first-order chi connectivity index (χ1) is 9.58. The molecule has 0 radical (unpaired) electrons. The molecule has 1 amide bonds. The minimum atomic E-state index is -0.106. The fourth-order valence-electron chi connectivity index (χ4n) is 2.74. The van der Waals surface area contributed by atoms with Crippen molar-refractivity contribution in [3.05, 3.63) is 27.9 Å². The zero-order valence-electron chi connectivity index (χ0n) is 11.6. The van der Waals surface area contributed by atoms with Crippen LogP contribution in [0.5, 0.6) is 0 Å². The summed E-state index contributed by atoms with van der Waals surface area (Å²) < 4.78 is 3.10. The zero-order chi connectivity index (χ0) is 14.3. The number of nitrogens with zero attached hydrogens (tertiary/aromatic N) is 4. The molecule has 0 atom stereocenters. The highest BCUT2D eigenvalue weighted by Gasteiger charge is 2.23. The average Bonchev–Trinajstić information content (AvgIpc) is 3.02. The van der Waals surface area contributed by atoms with E-state index in [1.807, 2.05) is 18.4 Å². The Balaban J connectivity index is 2.10. The minimum absolute atomic E-state index is 0.0809. The van der Waals surface area contributed by atoms with Crippen molar-refractivity contribution in [3.63, 3.8) is 0 Å². The number of rotatable bonds is 3. The van der Waals surface area contributed by atoms with Gasteiger partial charge in [0.25, 0.3) is 5.56 Å². The third kappa shape index (κ3) is 1.99. The molecule has 1 aliphatic rings. The molecule has 2 heterocycles. The maximum absolute atomic E-state index is 12.2. The molecular formula is C13H17N5O2. The zero-order valence-corrected chi connectivity index (χ0v) is 11.6. The molecule has 0 fully saturated rings. The molecule has 0 saturated heterocycles. The lowest BCUT2D eigenvalue weighted by atomic mass is 10.2. The third-order valence-electron chi connectivity index (χ3n) is 3.49. The molecule has 0 saturated carbocycles. The van der Waals surface area contributed by atoms with Crippen LogP contribution in [0, 0.1) is 0 Å². The van der Waals surface area contributed by atoms with Crippen LogP contribution in [0.4, 0.5) is 0 Å². The van der Waals surface area contributed by atoms with Crippen LogP contribution in [-0.2, 0) is 24.2 Å². The summed E-state index contributed by atoms with van der Waals surface area (Å²) in [4.78, 5) is 28.4. The Bertz CT molecular complexity index is 728. The highest BCUT2D eigenvalue weighted by Crippen LogP contribution is 2.19. The molecule has 0 aliphatic heterocycles. The van der Waals surface area contributed by atoms with Crippen LogP contribution in [0.15, 0.2) is 11.1 Å². The van der Waals surface area contributed by atoms with Gasteiger partial charge in [0, 0.05) is 17.3 Å². The fourth-order valence-corrected chi connectivity index (χ4v) is 2.74. The monoisotopic (exact) mass is 275 g/mol. The predicted octanol–water partition coefficient (Wildman–Crippen LogP) is -0.0957. The molecule has 2 aromatic heterocycles. The molecule has 1 N–H and O–H groups in total. The van der Waals surface area contributed by atoms with Gasteiger partial charge in [-0.15, -0.1) is 0 Å². The van der Waals surface area contributed by atoms with Gasteiger partial charge in [-0.25, -0.2) is 0 Å². The van der Waals surface area contributed by atoms with Crippen LogP contribution >= 0.6 is 0 Å². The summed E-state index contributed by atoms with van der Waals surface area (Å²) in [7, 11) is 0. The van der Waals surface area contributed by atoms with E-state index >= 15 is 0 Å². The number of hydrogen-bond acceptors (Lipinski definition) is 4. The number of fused-ring (bicyclic) bond motifs is 2. The molecule has 7 heteroatoms. The van der Waals surface area contributed by atoms with Crippen molar-refractivity contribution in [2.75, 3.05) is 0 Å². The molecule has 7 nitrogen and oxygen atoms in total. The lowest BCUT2D eigenvalue weighted by Gasteiger charge is -2.14. The lowest BCUT2D eigenvalue weighted by molar-refractivity contribution is -0.122. The second-order valence-corrected chi connectivity index (χ2v) is 5.36. The molecule has 20 heavy (non-hydrogen) atoms. The maximum Gasteiger partial charge on any atom is 0.279 e. The van der Waals surface area contributed by atoms with Crippen LogP contribution in [0.25, 0.3) is 5.78 Å². The van der Waals surface area contributed by atoms with Crippen LogP contribution < -0.4 is 10.9 Å². The van der Waals surface area contributed by atoms with Crippen molar-refractivity contribution >= 4 is 11.7 Å². The normalized spacial score (nSPS) is 13.9. The van der Waals surface area contributed by atoms with Crippen LogP contribution in [-0.4, -0.2) is 31.1 Å². The van der Waals surface area contributed by atoms with Crippen LogP contribution in [0.2, 0.25) is 0 Å². The SMILES string of the molecule is CC(C)NC(=O)Cn1c2c(c(=O)n3ncnc13)CCC2. The van der Waals surface area contributed by atoms with Gasteiger partial charge in [0.15, 0.2) is 0 Å². The number of carbonyl (C=O) groups is 1. The van der Waals surface area contributed by atoms with E-state index in [4.69, 9.17) is 0 Å². The summed E-state index contributed by atoms with van der Waals surface area (Å²) in [6, 6.07) is 0.0869. The smallest absolute Gasteiger partial charge is 0.279 e. The Morgan fingerprint density at radius 1 is 1.45 bits per heavy atom. The Kier molecular flexibility index (Phi) is 3.04. The van der Waals surface area contributed by atoms with E-state index in [-0.39, 0.29) is 24.1 Å². The van der Waals surface area contributed by atoms with Crippen molar-refractivity contribution in [2.45, 2.75) is 45.7 Å². The van der Waals surface area contributed by atoms with Gasteiger partial charge in [0.1, 0.15) is 12.9 Å². The number of amides is 1. The van der Waals surface area contributed by atoms with E-state index < -0.39 is 0 Å². The molecule has 0 spiro atoms. The fraction of sp³-hybridized carbons (Fsp3) is 0.538. The second kappa shape index (κ2) is 4.73. The van der Waals surface area contributed by atoms with Gasteiger partial charge < -0.3 is 9.88 Å². The number of aromatic nitrogens is 4. The van der Waals surface area contributed by atoms with Crippen molar-refractivity contribution in [3.8, 4) is 0 Å². The van der Waals surface area contributed by atoms with Crippen molar-refractivity contribution in [1.82, 2.24) is 24.5 Å². The van der Waals surface area contributed by atoms with Gasteiger partial charge in [-0.3, -0.25) is 9.59 Å². The van der Waals surface area contributed by atoms with Crippen molar-refractivity contribution < 1.29 is 4.79 Å². The summed E-state index contributed by atoms with van der Waals surface area (Å²) in [6.45, 7) is 4.00. The van der Waals surface area contributed by atoms with E-state index in [0.29, 0.717) is 5.78 Å². The van der Waals surface area contributed by atoms with Crippen LogP contribution in [0.1, 0.15) is 31.5 Å². The summed E-state index contributed by atoms with van der Waals surface area (Å²) in [6.07, 6.45) is 3.84. The van der Waals surface area contributed by atoms with Crippen molar-refractivity contribution in [1.29, 1.82) is 0 Å². The maximum atomic E-state index is 12.2. The van der Waals surface area contributed by atoms with Gasteiger partial charge in [0.2, 0.25) is 11.7 Å². The first kappa shape index (κ1) is 12.8.